The van der Waals surface area contributed by atoms with Crippen molar-refractivity contribution in [3.63, 3.8) is 0 Å². The molecule has 2 fully saturated rings. The van der Waals surface area contributed by atoms with Crippen molar-refractivity contribution in [3.05, 3.63) is 59.1 Å². The van der Waals surface area contributed by atoms with E-state index < -0.39 is 30.3 Å². The molecular formula is C23H19Cl3N2O5. The van der Waals surface area contributed by atoms with Gasteiger partial charge in [-0.3, -0.25) is 19.3 Å². The number of nitrogens with zero attached hydrogens (tertiary/aromatic N) is 1. The minimum absolute atomic E-state index is 0.174. The highest BCUT2D eigenvalue weighted by Crippen LogP contribution is 2.43. The summed E-state index contributed by atoms with van der Waals surface area (Å²) < 4.78 is 5.04. The molecule has 33 heavy (non-hydrogen) atoms. The molecule has 1 aliphatic carbocycles. The van der Waals surface area contributed by atoms with E-state index in [0.29, 0.717) is 29.2 Å². The fourth-order valence-electron chi connectivity index (χ4n) is 4.07. The largest absolute Gasteiger partial charge is 0.452 e. The first-order chi connectivity index (χ1) is 15.7. The first-order valence-corrected chi connectivity index (χ1v) is 11.5. The zero-order chi connectivity index (χ0) is 23.7. The maximum atomic E-state index is 12.8. The Bertz CT molecular complexity index is 1080. The van der Waals surface area contributed by atoms with E-state index in [4.69, 9.17) is 39.5 Å². The molecule has 2 aromatic carbocycles. The molecule has 2 aromatic rings. The molecule has 10 heteroatoms. The van der Waals surface area contributed by atoms with Crippen LogP contribution in [0, 0.1) is 11.8 Å². The second-order valence-corrected chi connectivity index (χ2v) is 9.47. The van der Waals surface area contributed by atoms with Crippen LogP contribution in [0.25, 0.3) is 0 Å². The number of hydrogen-bond donors (Lipinski definition) is 1. The van der Waals surface area contributed by atoms with Gasteiger partial charge in [-0.15, -0.1) is 23.2 Å². The highest BCUT2D eigenvalue weighted by atomic mass is 35.5. The number of benzene rings is 2. The topological polar surface area (TPSA) is 92.8 Å². The van der Waals surface area contributed by atoms with Crippen LogP contribution in [0.3, 0.4) is 0 Å². The third-order valence-corrected chi connectivity index (χ3v) is 7.04. The van der Waals surface area contributed by atoms with Gasteiger partial charge in [0, 0.05) is 10.7 Å². The Labute approximate surface area is 204 Å². The van der Waals surface area contributed by atoms with Gasteiger partial charge in [-0.2, -0.15) is 0 Å². The van der Waals surface area contributed by atoms with Gasteiger partial charge >= 0.3 is 5.97 Å². The van der Waals surface area contributed by atoms with Crippen LogP contribution >= 0.6 is 34.8 Å². The number of nitrogens with one attached hydrogen (secondary N) is 1. The van der Waals surface area contributed by atoms with Crippen molar-refractivity contribution >= 4 is 69.9 Å². The molecule has 1 heterocycles. The lowest BCUT2D eigenvalue weighted by Crippen LogP contribution is -2.34. The summed E-state index contributed by atoms with van der Waals surface area (Å²) in [4.78, 5) is 51.1. The average Bonchev–Trinajstić information content (AvgIpc) is 3.02. The van der Waals surface area contributed by atoms with E-state index in [9.17, 15) is 19.2 Å². The predicted molar refractivity (Wildman–Crippen MR) is 125 cm³/mol. The van der Waals surface area contributed by atoms with Gasteiger partial charge in [0.25, 0.3) is 5.91 Å². The monoisotopic (exact) mass is 508 g/mol. The SMILES string of the molecule is O=C(COC(=O)c1ccc(N2C(=O)[C@@H]3C[C@H](Cl)[C@@H](Cl)C[C@H]3C2=O)cc1)Nc1cccc(Cl)c1. The van der Waals surface area contributed by atoms with Crippen LogP contribution in [0.4, 0.5) is 11.4 Å². The summed E-state index contributed by atoms with van der Waals surface area (Å²) in [5.74, 6) is -2.84. The molecule has 3 amide bonds. The van der Waals surface area contributed by atoms with Gasteiger partial charge in [-0.1, -0.05) is 17.7 Å². The van der Waals surface area contributed by atoms with Crippen LogP contribution in [0.2, 0.25) is 5.02 Å². The fourth-order valence-corrected chi connectivity index (χ4v) is 4.85. The Morgan fingerprint density at radius 2 is 1.58 bits per heavy atom. The van der Waals surface area contributed by atoms with E-state index in [1.54, 1.807) is 24.3 Å². The average molecular weight is 510 g/mol. The maximum absolute atomic E-state index is 12.8. The van der Waals surface area contributed by atoms with Gasteiger partial charge in [0.1, 0.15) is 0 Å². The van der Waals surface area contributed by atoms with Crippen LogP contribution in [-0.4, -0.2) is 41.1 Å². The summed E-state index contributed by atoms with van der Waals surface area (Å²) in [7, 11) is 0. The minimum atomic E-state index is -0.717. The van der Waals surface area contributed by atoms with Crippen molar-refractivity contribution in [1.82, 2.24) is 0 Å². The standard InChI is InChI=1S/C23H19Cl3N2O5/c24-13-2-1-3-14(8-13)27-20(29)11-33-23(32)12-4-6-15(7-5-12)28-21(30)16-9-18(25)19(26)10-17(16)22(28)31/h1-8,16-19H,9-11H2,(H,27,29)/t16-,17-,18+,19+/m1/s1. The van der Waals surface area contributed by atoms with Crippen molar-refractivity contribution in [2.45, 2.75) is 23.6 Å². The van der Waals surface area contributed by atoms with E-state index in [1.165, 1.54) is 24.3 Å². The Kier molecular flexibility index (Phi) is 6.93. The summed E-state index contributed by atoms with van der Waals surface area (Å²) in [6.07, 6.45) is 0.701. The summed E-state index contributed by atoms with van der Waals surface area (Å²) >= 11 is 18.3. The van der Waals surface area contributed by atoms with Gasteiger partial charge in [0.2, 0.25) is 11.8 Å². The summed E-state index contributed by atoms with van der Waals surface area (Å²) in [6, 6.07) is 12.4. The molecule has 0 spiro atoms. The normalized spacial score (nSPS) is 24.4. The number of anilines is 2. The Morgan fingerprint density at radius 1 is 0.970 bits per heavy atom. The molecule has 1 N–H and O–H groups in total. The van der Waals surface area contributed by atoms with Crippen molar-refractivity contribution in [2.75, 3.05) is 16.8 Å². The van der Waals surface area contributed by atoms with E-state index >= 15 is 0 Å². The van der Waals surface area contributed by atoms with Crippen LogP contribution in [0.15, 0.2) is 48.5 Å². The number of rotatable bonds is 5. The number of carbonyl (C=O) groups excluding carboxylic acids is 4. The van der Waals surface area contributed by atoms with Crippen molar-refractivity contribution in [2.24, 2.45) is 11.8 Å². The molecule has 4 rings (SSSR count). The summed E-state index contributed by atoms with van der Waals surface area (Å²) in [5.41, 5.74) is 1.01. The highest BCUT2D eigenvalue weighted by molar-refractivity contribution is 6.31. The smallest absolute Gasteiger partial charge is 0.338 e. The molecule has 0 unspecified atom stereocenters. The van der Waals surface area contributed by atoms with Gasteiger partial charge in [0.15, 0.2) is 6.61 Å². The van der Waals surface area contributed by atoms with E-state index in [2.05, 4.69) is 5.32 Å². The third-order valence-electron chi connectivity index (χ3n) is 5.72. The maximum Gasteiger partial charge on any atom is 0.338 e. The summed E-state index contributed by atoms with van der Waals surface area (Å²) in [5, 5.41) is 2.31. The number of hydrogen-bond acceptors (Lipinski definition) is 5. The zero-order valence-electron chi connectivity index (χ0n) is 17.2. The number of imide groups is 1. The van der Waals surface area contributed by atoms with Crippen LogP contribution in [-0.2, 0) is 19.1 Å². The lowest BCUT2D eigenvalue weighted by Gasteiger charge is -2.28. The van der Waals surface area contributed by atoms with Crippen molar-refractivity contribution in [3.8, 4) is 0 Å². The minimum Gasteiger partial charge on any atom is -0.452 e. The quantitative estimate of drug-likeness (QED) is 0.370. The van der Waals surface area contributed by atoms with Gasteiger partial charge in [0.05, 0.1) is 33.8 Å². The van der Waals surface area contributed by atoms with E-state index in [-0.39, 0.29) is 28.1 Å². The Morgan fingerprint density at radius 3 is 2.15 bits per heavy atom. The molecule has 1 saturated heterocycles. The van der Waals surface area contributed by atoms with Crippen LogP contribution in [0.1, 0.15) is 23.2 Å². The third kappa shape index (κ3) is 5.00. The molecule has 172 valence electrons. The molecule has 0 aromatic heterocycles. The molecule has 2 aliphatic rings. The van der Waals surface area contributed by atoms with Gasteiger partial charge in [-0.05, 0) is 55.3 Å². The van der Waals surface area contributed by atoms with E-state index in [1.807, 2.05) is 0 Å². The molecule has 0 bridgehead atoms. The predicted octanol–water partition coefficient (Wildman–Crippen LogP) is 4.25. The Hall–Kier alpha value is -2.61. The molecule has 0 radical (unpaired) electrons. The number of carbonyl (C=O) groups is 4. The van der Waals surface area contributed by atoms with E-state index in [0.717, 1.165) is 4.90 Å². The number of fused-ring (bicyclic) bond motifs is 1. The number of alkyl halides is 2. The highest BCUT2D eigenvalue weighted by Gasteiger charge is 2.52. The van der Waals surface area contributed by atoms with Crippen molar-refractivity contribution in [1.29, 1.82) is 0 Å². The second kappa shape index (κ2) is 9.71. The lowest BCUT2D eigenvalue weighted by molar-refractivity contribution is -0.122. The fraction of sp³-hybridized carbons (Fsp3) is 0.304. The number of halogens is 3. The first-order valence-electron chi connectivity index (χ1n) is 10.2. The Balaban J connectivity index is 1.37. The summed E-state index contributed by atoms with van der Waals surface area (Å²) in [6.45, 7) is -0.487. The molecule has 4 atom stereocenters. The van der Waals surface area contributed by atoms with Crippen molar-refractivity contribution < 1.29 is 23.9 Å². The zero-order valence-corrected chi connectivity index (χ0v) is 19.4. The number of ether oxygens (including phenoxy) is 1. The first kappa shape index (κ1) is 23.5. The van der Waals surface area contributed by atoms with Crippen LogP contribution < -0.4 is 10.2 Å². The molecule has 1 saturated carbocycles. The molecular weight excluding hydrogens is 491 g/mol. The second-order valence-electron chi connectivity index (χ2n) is 7.91. The van der Waals surface area contributed by atoms with Crippen LogP contribution in [0.5, 0.6) is 0 Å². The number of amides is 3. The number of esters is 1. The molecule has 7 nitrogen and oxygen atoms in total. The lowest BCUT2D eigenvalue weighted by atomic mass is 9.80. The molecule has 1 aliphatic heterocycles. The van der Waals surface area contributed by atoms with Gasteiger partial charge < -0.3 is 10.1 Å². The van der Waals surface area contributed by atoms with Gasteiger partial charge in [-0.25, -0.2) is 4.79 Å².